The quantitative estimate of drug-likeness (QED) is 0.597. The van der Waals surface area contributed by atoms with Gasteiger partial charge in [0.2, 0.25) is 0 Å². The topological polar surface area (TPSA) is 59.6 Å². The second-order valence-corrected chi connectivity index (χ2v) is 6.46. The van der Waals surface area contributed by atoms with Crippen molar-refractivity contribution in [3.8, 4) is 17.2 Å². The molecular formula is C22H20N2O3S. The zero-order valence-electron chi connectivity index (χ0n) is 15.3. The fraction of sp³-hybridized carbons (Fsp3) is 0.0909. The van der Waals surface area contributed by atoms with Crippen LogP contribution in [0.2, 0.25) is 0 Å². The number of aryl methyl sites for hydroxylation is 1. The molecule has 0 aromatic heterocycles. The minimum absolute atomic E-state index is 0.116. The van der Waals surface area contributed by atoms with E-state index in [0.29, 0.717) is 11.5 Å². The molecule has 3 aromatic rings. The minimum atomic E-state index is -0.331. The molecule has 142 valence electrons. The lowest BCUT2D eigenvalue weighted by Crippen LogP contribution is -2.37. The number of para-hydroxylation sites is 1. The Hall–Kier alpha value is -3.38. The molecule has 0 aliphatic heterocycles. The Morgan fingerprint density at radius 2 is 1.57 bits per heavy atom. The molecule has 1 amide bonds. The first kappa shape index (κ1) is 19.4. The molecule has 0 aliphatic carbocycles. The summed E-state index contributed by atoms with van der Waals surface area (Å²) in [5, 5.41) is 5.76. The predicted octanol–water partition coefficient (Wildman–Crippen LogP) is 4.68. The van der Waals surface area contributed by atoms with Crippen LogP contribution in [-0.2, 0) is 4.79 Å². The van der Waals surface area contributed by atoms with E-state index < -0.39 is 0 Å². The van der Waals surface area contributed by atoms with Gasteiger partial charge >= 0.3 is 0 Å². The van der Waals surface area contributed by atoms with E-state index in [1.165, 1.54) is 0 Å². The fourth-order valence-corrected chi connectivity index (χ4v) is 2.64. The molecule has 0 atom stereocenters. The van der Waals surface area contributed by atoms with Crippen LogP contribution in [0, 0.1) is 6.92 Å². The van der Waals surface area contributed by atoms with Crippen LogP contribution < -0.4 is 20.1 Å². The first-order chi connectivity index (χ1) is 13.6. The lowest BCUT2D eigenvalue weighted by atomic mass is 10.2. The molecule has 0 heterocycles. The highest BCUT2D eigenvalue weighted by molar-refractivity contribution is 7.80. The van der Waals surface area contributed by atoms with Crippen LogP contribution in [0.25, 0.3) is 0 Å². The van der Waals surface area contributed by atoms with Gasteiger partial charge in [-0.2, -0.15) is 0 Å². The summed E-state index contributed by atoms with van der Waals surface area (Å²) < 4.78 is 11.2. The summed E-state index contributed by atoms with van der Waals surface area (Å²) in [7, 11) is 0. The summed E-state index contributed by atoms with van der Waals surface area (Å²) in [4.78, 5) is 12.0. The smallest absolute Gasteiger partial charge is 0.264 e. The lowest BCUT2D eigenvalue weighted by molar-refractivity contribution is -0.121. The van der Waals surface area contributed by atoms with Gasteiger partial charge in [-0.3, -0.25) is 10.1 Å². The van der Waals surface area contributed by atoms with E-state index in [2.05, 4.69) is 10.6 Å². The van der Waals surface area contributed by atoms with Gasteiger partial charge in [0, 0.05) is 5.69 Å². The van der Waals surface area contributed by atoms with Gasteiger partial charge in [-0.05, 0) is 73.2 Å². The molecule has 3 rings (SSSR count). The van der Waals surface area contributed by atoms with Crippen molar-refractivity contribution >= 4 is 28.9 Å². The van der Waals surface area contributed by atoms with Crippen LogP contribution >= 0.6 is 12.2 Å². The third-order valence-corrected chi connectivity index (χ3v) is 3.91. The normalized spacial score (nSPS) is 10.0. The molecule has 5 nitrogen and oxygen atoms in total. The molecule has 0 fully saturated rings. The van der Waals surface area contributed by atoms with Gasteiger partial charge in [0.05, 0.1) is 0 Å². The molecule has 3 aromatic carbocycles. The number of anilines is 1. The molecule has 2 N–H and O–H groups in total. The van der Waals surface area contributed by atoms with E-state index in [4.69, 9.17) is 21.7 Å². The Kier molecular flexibility index (Phi) is 6.59. The van der Waals surface area contributed by atoms with Gasteiger partial charge in [0.15, 0.2) is 11.7 Å². The number of nitrogens with one attached hydrogen (secondary N) is 2. The van der Waals surface area contributed by atoms with E-state index in [-0.39, 0.29) is 17.6 Å². The van der Waals surface area contributed by atoms with Crippen molar-refractivity contribution in [2.24, 2.45) is 0 Å². The van der Waals surface area contributed by atoms with Crippen LogP contribution in [0.5, 0.6) is 17.2 Å². The van der Waals surface area contributed by atoms with Gasteiger partial charge in [0.1, 0.15) is 17.2 Å². The highest BCUT2D eigenvalue weighted by Crippen LogP contribution is 2.22. The number of amides is 1. The van der Waals surface area contributed by atoms with Crippen LogP contribution in [0.1, 0.15) is 5.56 Å². The third-order valence-electron chi connectivity index (χ3n) is 3.70. The van der Waals surface area contributed by atoms with Crippen molar-refractivity contribution in [2.45, 2.75) is 6.92 Å². The number of hydrogen-bond donors (Lipinski definition) is 2. The van der Waals surface area contributed by atoms with Gasteiger partial charge in [-0.25, -0.2) is 0 Å². The second kappa shape index (κ2) is 9.53. The molecule has 0 spiro atoms. The number of hydrogen-bond acceptors (Lipinski definition) is 4. The van der Waals surface area contributed by atoms with Crippen molar-refractivity contribution in [3.05, 3.63) is 84.4 Å². The Labute approximate surface area is 169 Å². The summed E-state index contributed by atoms with van der Waals surface area (Å²) in [6, 6.07) is 24.3. The molecule has 0 bridgehead atoms. The summed E-state index contributed by atoms with van der Waals surface area (Å²) in [5.41, 5.74) is 1.81. The molecular weight excluding hydrogens is 372 g/mol. The number of ether oxygens (including phenoxy) is 2. The highest BCUT2D eigenvalue weighted by Gasteiger charge is 2.06. The zero-order chi connectivity index (χ0) is 19.8. The lowest BCUT2D eigenvalue weighted by Gasteiger charge is -2.11. The van der Waals surface area contributed by atoms with Crippen molar-refractivity contribution in [3.63, 3.8) is 0 Å². The van der Waals surface area contributed by atoms with E-state index in [9.17, 15) is 4.79 Å². The molecule has 0 aliphatic rings. The maximum Gasteiger partial charge on any atom is 0.264 e. The van der Waals surface area contributed by atoms with Crippen LogP contribution in [0.15, 0.2) is 78.9 Å². The number of thiocarbonyl (C=S) groups is 1. The average Bonchev–Trinajstić information content (AvgIpc) is 2.69. The van der Waals surface area contributed by atoms with Gasteiger partial charge in [0.25, 0.3) is 5.91 Å². The SMILES string of the molecule is Cc1cccc(OCC(=O)NC(=S)Nc2ccc(Oc3ccccc3)cc2)c1. The number of carbonyl (C=O) groups is 1. The van der Waals surface area contributed by atoms with Crippen molar-refractivity contribution in [1.29, 1.82) is 0 Å². The predicted molar refractivity (Wildman–Crippen MR) is 114 cm³/mol. The van der Waals surface area contributed by atoms with Crippen molar-refractivity contribution < 1.29 is 14.3 Å². The number of benzene rings is 3. The number of carbonyl (C=O) groups excluding carboxylic acids is 1. The second-order valence-electron chi connectivity index (χ2n) is 6.05. The van der Waals surface area contributed by atoms with E-state index in [1.807, 2.05) is 79.7 Å². The number of rotatable bonds is 6. The first-order valence-electron chi connectivity index (χ1n) is 8.72. The Morgan fingerprint density at radius 3 is 2.29 bits per heavy atom. The maximum absolute atomic E-state index is 12.0. The maximum atomic E-state index is 12.0. The minimum Gasteiger partial charge on any atom is -0.484 e. The molecule has 0 radical (unpaired) electrons. The first-order valence-corrected chi connectivity index (χ1v) is 9.12. The van der Waals surface area contributed by atoms with Crippen LogP contribution in [0.4, 0.5) is 5.69 Å². The van der Waals surface area contributed by atoms with Gasteiger partial charge < -0.3 is 14.8 Å². The monoisotopic (exact) mass is 392 g/mol. The standard InChI is InChI=1S/C22H20N2O3S/c1-16-6-5-9-20(14-16)26-15-21(25)24-22(28)23-17-10-12-19(13-11-17)27-18-7-3-2-4-8-18/h2-14H,15H2,1H3,(H2,23,24,25,28). The van der Waals surface area contributed by atoms with Gasteiger partial charge in [-0.1, -0.05) is 30.3 Å². The largest absolute Gasteiger partial charge is 0.484 e. The third kappa shape index (κ3) is 6.10. The van der Waals surface area contributed by atoms with E-state index in [0.717, 1.165) is 17.0 Å². The molecule has 0 saturated carbocycles. The molecule has 0 saturated heterocycles. The van der Waals surface area contributed by atoms with Gasteiger partial charge in [-0.15, -0.1) is 0 Å². The van der Waals surface area contributed by atoms with Crippen molar-refractivity contribution in [2.75, 3.05) is 11.9 Å². The highest BCUT2D eigenvalue weighted by atomic mass is 32.1. The fourth-order valence-electron chi connectivity index (χ4n) is 2.41. The average molecular weight is 392 g/mol. The molecule has 28 heavy (non-hydrogen) atoms. The zero-order valence-corrected chi connectivity index (χ0v) is 16.2. The Bertz CT molecular complexity index is 944. The summed E-state index contributed by atoms with van der Waals surface area (Å²) in [5.74, 6) is 1.78. The van der Waals surface area contributed by atoms with E-state index >= 15 is 0 Å². The Balaban J connectivity index is 1.45. The van der Waals surface area contributed by atoms with Crippen LogP contribution in [-0.4, -0.2) is 17.6 Å². The summed E-state index contributed by atoms with van der Waals surface area (Å²) in [6.45, 7) is 1.84. The van der Waals surface area contributed by atoms with Crippen molar-refractivity contribution in [1.82, 2.24) is 5.32 Å². The summed E-state index contributed by atoms with van der Waals surface area (Å²) >= 11 is 5.17. The molecule has 6 heteroatoms. The molecule has 0 unspecified atom stereocenters. The Morgan fingerprint density at radius 1 is 0.893 bits per heavy atom. The van der Waals surface area contributed by atoms with E-state index in [1.54, 1.807) is 6.07 Å². The van der Waals surface area contributed by atoms with Crippen LogP contribution in [0.3, 0.4) is 0 Å². The summed E-state index contributed by atoms with van der Waals surface area (Å²) in [6.07, 6.45) is 0.